The number of nitrogens with zero attached hydrogens (tertiary/aromatic N) is 4. The summed E-state index contributed by atoms with van der Waals surface area (Å²) in [4.78, 5) is 34.4. The molecule has 0 saturated carbocycles. The number of para-hydroxylation sites is 1. The van der Waals surface area contributed by atoms with Crippen molar-refractivity contribution in [1.29, 1.82) is 0 Å². The summed E-state index contributed by atoms with van der Waals surface area (Å²) in [6.45, 7) is 5.60. The molecule has 11 nitrogen and oxygen atoms in total. The maximum atomic E-state index is 13.1. The molecular weight excluding hydrogens is 583 g/mol. The van der Waals surface area contributed by atoms with Crippen molar-refractivity contribution < 1.29 is 37.0 Å². The number of H-pyrrole nitrogens is 1. The van der Waals surface area contributed by atoms with Gasteiger partial charge in [0.1, 0.15) is 22.4 Å². The number of halogens is 3. The molecule has 7 rings (SSSR count). The van der Waals surface area contributed by atoms with Gasteiger partial charge in [-0.05, 0) is 38.0 Å². The molecule has 14 heteroatoms. The maximum absolute atomic E-state index is 13.1. The van der Waals surface area contributed by atoms with Crippen LogP contribution in [0, 0.1) is 12.3 Å². The Morgan fingerprint density at radius 2 is 1.89 bits per heavy atom. The quantitative estimate of drug-likeness (QED) is 0.252. The highest BCUT2D eigenvalue weighted by Crippen LogP contribution is 2.37. The Morgan fingerprint density at radius 3 is 2.52 bits per heavy atom. The number of ether oxygens (including phenoxy) is 2. The maximum Gasteiger partial charge on any atom is 0.451 e. The third-order valence-electron chi connectivity index (χ3n) is 7.86. The summed E-state index contributed by atoms with van der Waals surface area (Å²) in [7, 11) is 0. The van der Waals surface area contributed by atoms with Crippen LogP contribution in [0.5, 0.6) is 0 Å². The highest BCUT2D eigenvalue weighted by Gasteiger charge is 2.50. The van der Waals surface area contributed by atoms with Crippen molar-refractivity contribution in [1.82, 2.24) is 15.0 Å². The molecule has 0 unspecified atom stereocenters. The topological polar surface area (TPSA) is 134 Å². The monoisotopic (exact) mass is 613 g/mol. The van der Waals surface area contributed by atoms with Crippen molar-refractivity contribution >= 4 is 40.0 Å². The zero-order chi connectivity index (χ0) is 31.5. The number of aromatic amines is 1. The van der Waals surface area contributed by atoms with Gasteiger partial charge in [0.25, 0.3) is 12.0 Å². The second kappa shape index (κ2) is 12.6. The van der Waals surface area contributed by atoms with Crippen molar-refractivity contribution in [2.75, 3.05) is 49.3 Å². The van der Waals surface area contributed by atoms with Gasteiger partial charge in [-0.25, -0.2) is 9.97 Å². The van der Waals surface area contributed by atoms with E-state index in [1.807, 2.05) is 4.90 Å². The van der Waals surface area contributed by atoms with Crippen LogP contribution in [0.2, 0.25) is 0 Å². The molecular formula is C30H30F3N5O6. The van der Waals surface area contributed by atoms with Gasteiger partial charge >= 0.3 is 6.18 Å². The SMILES string of the molecule is C#Cc1c[nH]c(=O)c(N2CCOC3(COC3)[C@@H]2C)c1.FC(F)(F)c1nc(N2CCCC2)c2oc3ccccc3c2n1.O=CO. The van der Waals surface area contributed by atoms with Crippen molar-refractivity contribution in [2.24, 2.45) is 0 Å². The van der Waals surface area contributed by atoms with E-state index in [0.29, 0.717) is 67.3 Å². The van der Waals surface area contributed by atoms with E-state index < -0.39 is 12.0 Å². The Bertz CT molecular complexity index is 1740. The van der Waals surface area contributed by atoms with E-state index in [-0.39, 0.29) is 35.0 Å². The van der Waals surface area contributed by atoms with Gasteiger partial charge in [-0.2, -0.15) is 13.2 Å². The highest BCUT2D eigenvalue weighted by atomic mass is 19.4. The predicted molar refractivity (Wildman–Crippen MR) is 156 cm³/mol. The van der Waals surface area contributed by atoms with Crippen molar-refractivity contribution in [3.8, 4) is 12.3 Å². The van der Waals surface area contributed by atoms with Gasteiger partial charge in [0.05, 0.1) is 25.9 Å². The van der Waals surface area contributed by atoms with Crippen molar-refractivity contribution in [3.05, 3.63) is 58.3 Å². The lowest BCUT2D eigenvalue weighted by Crippen LogP contribution is -2.68. The van der Waals surface area contributed by atoms with Gasteiger partial charge in [-0.3, -0.25) is 9.59 Å². The second-order valence-electron chi connectivity index (χ2n) is 10.5. The molecule has 0 radical (unpaired) electrons. The molecule has 6 heterocycles. The lowest BCUT2D eigenvalue weighted by Gasteiger charge is -2.53. The van der Waals surface area contributed by atoms with Crippen LogP contribution in [-0.2, 0) is 20.4 Å². The minimum absolute atomic E-state index is 0.0872. The average Bonchev–Trinajstić information content (AvgIpc) is 3.65. The number of nitrogens with one attached hydrogen (secondary N) is 1. The summed E-state index contributed by atoms with van der Waals surface area (Å²) >= 11 is 0. The standard InChI is InChI=1S/C15H12F3N3O.C14H16N2O3.CH2O2/c16-15(17,18)14-19-11-9-5-1-2-6-10(9)22-12(11)13(20-14)21-7-3-4-8-21;1-3-11-6-12(13(17)15-7-11)16-4-5-19-14(10(16)2)8-18-9-14;2-1-3/h1-2,5-6H,3-4,7-8H2;1,6-7,10H,4-5,8-9H2,2H3,(H,15,17);1H,(H,2,3)/t;10-;/m.0./s1. The molecule has 0 bridgehead atoms. The summed E-state index contributed by atoms with van der Waals surface area (Å²) in [5.41, 5.74) is 1.95. The highest BCUT2D eigenvalue weighted by molar-refractivity contribution is 6.05. The van der Waals surface area contributed by atoms with E-state index in [1.54, 1.807) is 36.5 Å². The number of pyridine rings is 1. The third-order valence-corrected chi connectivity index (χ3v) is 7.86. The average molecular weight is 614 g/mol. The third kappa shape index (κ3) is 5.93. The van der Waals surface area contributed by atoms with E-state index in [0.717, 1.165) is 12.8 Å². The predicted octanol–water partition coefficient (Wildman–Crippen LogP) is 4.05. The fourth-order valence-electron chi connectivity index (χ4n) is 5.52. The number of benzene rings is 1. The Labute approximate surface area is 249 Å². The molecule has 0 aliphatic carbocycles. The zero-order valence-electron chi connectivity index (χ0n) is 23.8. The van der Waals surface area contributed by atoms with Crippen LogP contribution >= 0.6 is 0 Å². The molecule has 3 aliphatic heterocycles. The fourth-order valence-corrected chi connectivity index (χ4v) is 5.52. The number of hydrogen-bond acceptors (Lipinski definition) is 9. The van der Waals surface area contributed by atoms with Gasteiger partial charge in [-0.15, -0.1) is 6.42 Å². The summed E-state index contributed by atoms with van der Waals surface area (Å²) in [6, 6.07) is 8.80. The van der Waals surface area contributed by atoms with Crippen LogP contribution in [0.25, 0.3) is 22.1 Å². The van der Waals surface area contributed by atoms with E-state index in [1.165, 1.54) is 0 Å². The van der Waals surface area contributed by atoms with Crippen LogP contribution in [-0.4, -0.2) is 77.6 Å². The van der Waals surface area contributed by atoms with Crippen LogP contribution < -0.4 is 15.4 Å². The number of terminal acetylenes is 1. The fraction of sp³-hybridized carbons (Fsp3) is 0.400. The molecule has 44 heavy (non-hydrogen) atoms. The van der Waals surface area contributed by atoms with Gasteiger partial charge in [0.2, 0.25) is 5.82 Å². The van der Waals surface area contributed by atoms with Gasteiger partial charge in [0.15, 0.2) is 11.4 Å². The summed E-state index contributed by atoms with van der Waals surface area (Å²) in [6.07, 6.45) is 4.24. The first-order chi connectivity index (χ1) is 21.1. The molecule has 3 saturated heterocycles. The van der Waals surface area contributed by atoms with Crippen LogP contribution in [0.15, 0.2) is 45.7 Å². The van der Waals surface area contributed by atoms with E-state index >= 15 is 0 Å². The largest absolute Gasteiger partial charge is 0.483 e. The van der Waals surface area contributed by atoms with Crippen molar-refractivity contribution in [3.63, 3.8) is 0 Å². The molecule has 3 fully saturated rings. The first kappa shape index (κ1) is 30.8. The molecule has 3 aliphatic rings. The first-order valence-electron chi connectivity index (χ1n) is 13.9. The Balaban J connectivity index is 0.000000162. The molecule has 1 atom stereocenters. The Hall–Kier alpha value is -4.61. The summed E-state index contributed by atoms with van der Waals surface area (Å²) in [5.74, 6) is 1.67. The normalized spacial score (nSPS) is 19.0. The number of fused-ring (bicyclic) bond motifs is 3. The van der Waals surface area contributed by atoms with E-state index in [4.69, 9.17) is 30.2 Å². The van der Waals surface area contributed by atoms with Gasteiger partial charge in [0, 0.05) is 36.8 Å². The van der Waals surface area contributed by atoms with Crippen LogP contribution in [0.1, 0.15) is 31.2 Å². The molecule has 1 spiro atoms. The van der Waals surface area contributed by atoms with Crippen LogP contribution in [0.4, 0.5) is 24.7 Å². The number of rotatable bonds is 2. The van der Waals surface area contributed by atoms with Gasteiger partial charge in [-0.1, -0.05) is 18.1 Å². The Morgan fingerprint density at radius 1 is 1.18 bits per heavy atom. The second-order valence-corrected chi connectivity index (χ2v) is 10.5. The molecule has 2 N–H and O–H groups in total. The number of aromatic nitrogens is 3. The lowest BCUT2D eigenvalue weighted by atomic mass is 9.90. The summed E-state index contributed by atoms with van der Waals surface area (Å²) in [5, 5.41) is 7.46. The number of furan rings is 1. The van der Waals surface area contributed by atoms with Crippen molar-refractivity contribution in [2.45, 2.75) is 37.6 Å². The number of alkyl halides is 3. The number of carboxylic acid groups (broad SMARTS) is 1. The Kier molecular flexibility index (Phi) is 8.80. The van der Waals surface area contributed by atoms with Crippen LogP contribution in [0.3, 0.4) is 0 Å². The minimum Gasteiger partial charge on any atom is -0.483 e. The molecule has 232 valence electrons. The molecule has 1 aromatic carbocycles. The number of carbonyl (C=O) groups is 1. The lowest BCUT2D eigenvalue weighted by molar-refractivity contribution is -0.228. The number of morpholine rings is 1. The molecule has 3 aromatic heterocycles. The zero-order valence-corrected chi connectivity index (χ0v) is 23.8. The van der Waals surface area contributed by atoms with E-state index in [9.17, 15) is 18.0 Å². The van der Waals surface area contributed by atoms with Gasteiger partial charge < -0.3 is 33.8 Å². The molecule has 0 amide bonds. The van der Waals surface area contributed by atoms with E-state index in [2.05, 4.69) is 32.7 Å². The summed E-state index contributed by atoms with van der Waals surface area (Å²) < 4.78 is 56.2. The number of hydrogen-bond donors (Lipinski definition) is 2. The smallest absolute Gasteiger partial charge is 0.451 e. The minimum atomic E-state index is -4.58. The molecule has 4 aromatic rings. The first-order valence-corrected chi connectivity index (χ1v) is 13.9. The number of anilines is 2.